The first-order valence-electron chi connectivity index (χ1n) is 7.20. The number of amides is 1. The molecule has 0 radical (unpaired) electrons. The van der Waals surface area contributed by atoms with Gasteiger partial charge in [-0.25, -0.2) is 0 Å². The number of anilines is 1. The number of benzene rings is 1. The highest BCUT2D eigenvalue weighted by Gasteiger charge is 2.32. The molecule has 0 heterocycles. The van der Waals surface area contributed by atoms with E-state index in [9.17, 15) is 4.79 Å². The van der Waals surface area contributed by atoms with Gasteiger partial charge in [0, 0.05) is 24.7 Å². The average Bonchev–Trinajstić information content (AvgIpc) is 3.19. The number of rotatable bonds is 6. The summed E-state index contributed by atoms with van der Waals surface area (Å²) in [7, 11) is 0. The van der Waals surface area contributed by atoms with Gasteiger partial charge in [-0.05, 0) is 42.9 Å². The summed E-state index contributed by atoms with van der Waals surface area (Å²) in [5.74, 6) is 0.884. The van der Waals surface area contributed by atoms with Crippen molar-refractivity contribution in [1.82, 2.24) is 4.90 Å². The van der Waals surface area contributed by atoms with Crippen molar-refractivity contribution in [3.05, 3.63) is 29.8 Å². The first-order valence-corrected chi connectivity index (χ1v) is 7.20. The third-order valence-corrected chi connectivity index (χ3v) is 3.58. The minimum Gasteiger partial charge on any atom is -0.399 e. The second-order valence-electron chi connectivity index (χ2n) is 5.93. The number of hydrogen-bond acceptors (Lipinski definition) is 2. The molecule has 0 unspecified atom stereocenters. The lowest BCUT2D eigenvalue weighted by atomic mass is 10.1. The molecule has 1 aliphatic carbocycles. The number of carbonyl (C=O) groups is 1. The zero-order chi connectivity index (χ0) is 13.8. The molecule has 3 nitrogen and oxygen atoms in total. The standard InChI is InChI=1S/C16H24N2O/c1-12(2)3-10-16(19)18(15-8-9-15)11-13-4-6-14(17)7-5-13/h4-7,12,15H,3,8-11,17H2,1-2H3. The van der Waals surface area contributed by atoms with Crippen LogP contribution >= 0.6 is 0 Å². The lowest BCUT2D eigenvalue weighted by Gasteiger charge is -2.23. The van der Waals surface area contributed by atoms with Crippen molar-refractivity contribution in [1.29, 1.82) is 0 Å². The predicted molar refractivity (Wildman–Crippen MR) is 78.5 cm³/mol. The smallest absolute Gasteiger partial charge is 0.223 e. The van der Waals surface area contributed by atoms with Crippen LogP contribution in [0.3, 0.4) is 0 Å². The van der Waals surface area contributed by atoms with E-state index in [0.717, 1.165) is 31.5 Å². The molecule has 2 N–H and O–H groups in total. The van der Waals surface area contributed by atoms with Crippen molar-refractivity contribution in [2.45, 2.75) is 52.1 Å². The molecule has 0 aromatic heterocycles. The number of nitrogens with two attached hydrogens (primary N) is 1. The topological polar surface area (TPSA) is 46.3 Å². The van der Waals surface area contributed by atoms with Crippen molar-refractivity contribution >= 4 is 11.6 Å². The molecule has 2 rings (SSSR count). The van der Waals surface area contributed by atoms with Crippen LogP contribution in [0.25, 0.3) is 0 Å². The zero-order valence-corrected chi connectivity index (χ0v) is 11.9. The van der Waals surface area contributed by atoms with Crippen molar-refractivity contribution in [3.8, 4) is 0 Å². The molecule has 3 heteroatoms. The van der Waals surface area contributed by atoms with Crippen LogP contribution in [-0.4, -0.2) is 16.8 Å². The Kier molecular flexibility index (Phi) is 4.46. The van der Waals surface area contributed by atoms with Gasteiger partial charge in [-0.15, -0.1) is 0 Å². The van der Waals surface area contributed by atoms with E-state index in [0.29, 0.717) is 24.3 Å². The second kappa shape index (κ2) is 6.09. The van der Waals surface area contributed by atoms with Gasteiger partial charge in [0.25, 0.3) is 0 Å². The van der Waals surface area contributed by atoms with E-state index in [2.05, 4.69) is 13.8 Å². The zero-order valence-electron chi connectivity index (χ0n) is 11.9. The summed E-state index contributed by atoms with van der Waals surface area (Å²) in [5.41, 5.74) is 7.63. The molecule has 19 heavy (non-hydrogen) atoms. The number of carbonyl (C=O) groups excluding carboxylic acids is 1. The Bertz CT molecular complexity index is 421. The number of nitrogens with zero attached hydrogens (tertiary/aromatic N) is 1. The van der Waals surface area contributed by atoms with Gasteiger partial charge in [-0.3, -0.25) is 4.79 Å². The maximum atomic E-state index is 12.3. The molecule has 1 aromatic carbocycles. The Labute approximate surface area is 115 Å². The van der Waals surface area contributed by atoms with Crippen molar-refractivity contribution in [2.75, 3.05) is 5.73 Å². The van der Waals surface area contributed by atoms with Crippen molar-refractivity contribution in [2.24, 2.45) is 5.92 Å². The molecule has 0 atom stereocenters. The molecule has 0 bridgehead atoms. The average molecular weight is 260 g/mol. The van der Waals surface area contributed by atoms with Crippen LogP contribution in [0, 0.1) is 5.92 Å². The monoisotopic (exact) mass is 260 g/mol. The quantitative estimate of drug-likeness (QED) is 0.798. The highest BCUT2D eigenvalue weighted by Crippen LogP contribution is 2.29. The second-order valence-corrected chi connectivity index (χ2v) is 5.93. The van der Waals surface area contributed by atoms with E-state index >= 15 is 0 Å². The fourth-order valence-corrected chi connectivity index (χ4v) is 2.18. The molecule has 1 saturated carbocycles. The lowest BCUT2D eigenvalue weighted by molar-refractivity contribution is -0.132. The van der Waals surface area contributed by atoms with E-state index in [1.54, 1.807) is 0 Å². The van der Waals surface area contributed by atoms with Crippen LogP contribution in [0.2, 0.25) is 0 Å². The van der Waals surface area contributed by atoms with E-state index < -0.39 is 0 Å². The minimum absolute atomic E-state index is 0.299. The largest absolute Gasteiger partial charge is 0.399 e. The molecule has 1 fully saturated rings. The van der Waals surface area contributed by atoms with Gasteiger partial charge in [0.15, 0.2) is 0 Å². The summed E-state index contributed by atoms with van der Waals surface area (Å²) >= 11 is 0. The molecule has 0 saturated heterocycles. The molecule has 1 aromatic rings. The highest BCUT2D eigenvalue weighted by molar-refractivity contribution is 5.76. The summed E-state index contributed by atoms with van der Waals surface area (Å²) in [6, 6.07) is 8.30. The third kappa shape index (κ3) is 4.27. The molecule has 0 aliphatic heterocycles. The highest BCUT2D eigenvalue weighted by atomic mass is 16.2. The predicted octanol–water partition coefficient (Wildman–Crippen LogP) is 3.20. The maximum Gasteiger partial charge on any atom is 0.223 e. The van der Waals surface area contributed by atoms with Gasteiger partial charge in [0.2, 0.25) is 5.91 Å². The minimum atomic E-state index is 0.299. The molecular formula is C16H24N2O. The van der Waals surface area contributed by atoms with E-state index in [-0.39, 0.29) is 0 Å². The number of hydrogen-bond donors (Lipinski definition) is 1. The van der Waals surface area contributed by atoms with Crippen LogP contribution in [0.1, 0.15) is 45.1 Å². The molecule has 1 aliphatic rings. The van der Waals surface area contributed by atoms with Crippen LogP contribution in [0.15, 0.2) is 24.3 Å². The van der Waals surface area contributed by atoms with Crippen molar-refractivity contribution in [3.63, 3.8) is 0 Å². The Morgan fingerprint density at radius 2 is 1.95 bits per heavy atom. The normalized spacial score (nSPS) is 14.7. The summed E-state index contributed by atoms with van der Waals surface area (Å²) in [5, 5.41) is 0. The Balaban J connectivity index is 1.96. The SMILES string of the molecule is CC(C)CCC(=O)N(Cc1ccc(N)cc1)C1CC1. The van der Waals surface area contributed by atoms with Gasteiger partial charge in [0.1, 0.15) is 0 Å². The molecule has 1 amide bonds. The Hall–Kier alpha value is -1.51. The molecule has 0 spiro atoms. The summed E-state index contributed by atoms with van der Waals surface area (Å²) in [4.78, 5) is 14.4. The summed E-state index contributed by atoms with van der Waals surface area (Å²) in [6.45, 7) is 5.05. The number of nitrogen functional groups attached to an aromatic ring is 1. The van der Waals surface area contributed by atoms with Crippen molar-refractivity contribution < 1.29 is 4.79 Å². The Morgan fingerprint density at radius 3 is 2.47 bits per heavy atom. The lowest BCUT2D eigenvalue weighted by Crippen LogP contribution is -2.32. The van der Waals surface area contributed by atoms with Gasteiger partial charge in [0.05, 0.1) is 0 Å². The Morgan fingerprint density at radius 1 is 1.32 bits per heavy atom. The van der Waals surface area contributed by atoms with Gasteiger partial charge < -0.3 is 10.6 Å². The van der Waals surface area contributed by atoms with Crippen LogP contribution in [-0.2, 0) is 11.3 Å². The fourth-order valence-electron chi connectivity index (χ4n) is 2.18. The first kappa shape index (κ1) is 13.9. The van der Waals surface area contributed by atoms with E-state index in [1.165, 1.54) is 5.56 Å². The molecule has 104 valence electrons. The third-order valence-electron chi connectivity index (χ3n) is 3.58. The van der Waals surface area contributed by atoms with Gasteiger partial charge >= 0.3 is 0 Å². The fraction of sp³-hybridized carbons (Fsp3) is 0.562. The van der Waals surface area contributed by atoms with Crippen LogP contribution in [0.5, 0.6) is 0 Å². The van der Waals surface area contributed by atoms with Gasteiger partial charge in [-0.2, -0.15) is 0 Å². The molecular weight excluding hydrogens is 236 g/mol. The van der Waals surface area contributed by atoms with Gasteiger partial charge in [-0.1, -0.05) is 26.0 Å². The summed E-state index contributed by atoms with van der Waals surface area (Å²) < 4.78 is 0. The van der Waals surface area contributed by atoms with E-state index in [4.69, 9.17) is 5.73 Å². The van der Waals surface area contributed by atoms with E-state index in [1.807, 2.05) is 29.2 Å². The maximum absolute atomic E-state index is 12.3. The van der Waals surface area contributed by atoms with Crippen LogP contribution < -0.4 is 5.73 Å². The first-order chi connectivity index (χ1) is 9.06. The summed E-state index contributed by atoms with van der Waals surface area (Å²) in [6.07, 6.45) is 3.96. The van der Waals surface area contributed by atoms with Crippen LogP contribution in [0.4, 0.5) is 5.69 Å².